The fourth-order valence-electron chi connectivity index (χ4n) is 1.50. The third kappa shape index (κ3) is 3.49. The van der Waals surface area contributed by atoms with Crippen LogP contribution >= 0.6 is 15.9 Å². The first-order valence-electron chi connectivity index (χ1n) is 5.25. The summed E-state index contributed by atoms with van der Waals surface area (Å²) in [7, 11) is 2.05. The molecule has 16 heavy (non-hydrogen) atoms. The van der Waals surface area contributed by atoms with Crippen LogP contribution < -0.4 is 4.90 Å². The molecule has 86 valence electrons. The number of aldehydes is 1. The number of carbonyl (C=O) groups excluding carboxylic acids is 1. The number of benzene rings is 1. The van der Waals surface area contributed by atoms with Crippen molar-refractivity contribution in [3.05, 3.63) is 40.9 Å². The molecule has 0 saturated heterocycles. The number of nitrogens with zero attached hydrogens (tertiary/aromatic N) is 1. The molecule has 3 heteroatoms. The normalized spacial score (nSPS) is 9.88. The summed E-state index contributed by atoms with van der Waals surface area (Å²) >= 11 is 3.48. The molecule has 0 aliphatic rings. The van der Waals surface area contributed by atoms with Crippen molar-refractivity contribution in [1.82, 2.24) is 0 Å². The van der Waals surface area contributed by atoms with E-state index in [1.165, 1.54) is 0 Å². The first kappa shape index (κ1) is 13.0. The lowest BCUT2D eigenvalue weighted by Crippen LogP contribution is -2.18. The predicted molar refractivity (Wildman–Crippen MR) is 72.2 cm³/mol. The number of rotatable bonds is 6. The lowest BCUT2D eigenvalue weighted by Gasteiger charge is -2.20. The van der Waals surface area contributed by atoms with Crippen LogP contribution in [0, 0.1) is 0 Å². The third-order valence-corrected chi connectivity index (χ3v) is 3.06. The molecular weight excluding hydrogens is 266 g/mol. The van der Waals surface area contributed by atoms with E-state index in [2.05, 4.69) is 27.4 Å². The minimum Gasteiger partial charge on any atom is -0.374 e. The fourth-order valence-corrected chi connectivity index (χ4v) is 2.20. The van der Waals surface area contributed by atoms with Crippen LogP contribution in [-0.4, -0.2) is 19.9 Å². The number of allylic oxidation sites excluding steroid dienone is 1. The molecule has 0 amide bonds. The Morgan fingerprint density at radius 1 is 1.50 bits per heavy atom. The highest BCUT2D eigenvalue weighted by atomic mass is 79.9. The molecule has 0 saturated carbocycles. The first-order chi connectivity index (χ1) is 7.69. The van der Waals surface area contributed by atoms with Crippen LogP contribution in [0.1, 0.15) is 23.2 Å². The number of anilines is 1. The topological polar surface area (TPSA) is 20.3 Å². The summed E-state index contributed by atoms with van der Waals surface area (Å²) in [5.74, 6) is 0. The van der Waals surface area contributed by atoms with Crippen LogP contribution in [0.3, 0.4) is 0 Å². The van der Waals surface area contributed by atoms with Gasteiger partial charge >= 0.3 is 0 Å². The van der Waals surface area contributed by atoms with Gasteiger partial charge in [0.05, 0.1) is 5.69 Å². The van der Waals surface area contributed by atoms with Gasteiger partial charge in [-0.3, -0.25) is 4.79 Å². The van der Waals surface area contributed by atoms with E-state index in [-0.39, 0.29) is 0 Å². The van der Waals surface area contributed by atoms with Crippen molar-refractivity contribution >= 4 is 27.9 Å². The van der Waals surface area contributed by atoms with Gasteiger partial charge in [-0.1, -0.05) is 6.08 Å². The Morgan fingerprint density at radius 3 is 2.81 bits per heavy atom. The van der Waals surface area contributed by atoms with E-state index in [0.717, 1.165) is 35.8 Å². The van der Waals surface area contributed by atoms with Gasteiger partial charge in [0, 0.05) is 23.6 Å². The van der Waals surface area contributed by atoms with Crippen molar-refractivity contribution in [3.63, 3.8) is 0 Å². The molecule has 1 aromatic carbocycles. The molecule has 0 N–H and O–H groups in total. The molecule has 1 aromatic rings. The van der Waals surface area contributed by atoms with Gasteiger partial charge in [0.25, 0.3) is 0 Å². The van der Waals surface area contributed by atoms with E-state index in [1.807, 2.05) is 31.3 Å². The second kappa shape index (κ2) is 6.48. The maximum absolute atomic E-state index is 10.6. The van der Waals surface area contributed by atoms with E-state index >= 15 is 0 Å². The number of halogens is 1. The van der Waals surface area contributed by atoms with E-state index in [0.29, 0.717) is 5.56 Å². The largest absolute Gasteiger partial charge is 0.374 e. The molecule has 0 radical (unpaired) electrons. The maximum atomic E-state index is 10.6. The van der Waals surface area contributed by atoms with Gasteiger partial charge in [-0.2, -0.15) is 0 Å². The van der Waals surface area contributed by atoms with Gasteiger partial charge < -0.3 is 4.90 Å². The molecule has 0 aliphatic carbocycles. The predicted octanol–water partition coefficient (Wildman–Crippen LogP) is 3.66. The minimum atomic E-state index is 0.690. The zero-order chi connectivity index (χ0) is 12.0. The van der Waals surface area contributed by atoms with Crippen LogP contribution in [0.5, 0.6) is 0 Å². The van der Waals surface area contributed by atoms with Crippen LogP contribution in [0.15, 0.2) is 35.3 Å². The molecule has 0 fully saturated rings. The lowest BCUT2D eigenvalue weighted by molar-refractivity contribution is 0.112. The van der Waals surface area contributed by atoms with E-state index in [4.69, 9.17) is 0 Å². The van der Waals surface area contributed by atoms with Crippen LogP contribution in [0.4, 0.5) is 5.69 Å². The van der Waals surface area contributed by atoms with Crippen LogP contribution in [0.2, 0.25) is 0 Å². The SMILES string of the molecule is C=CCCCN(C)c1ccc(C=O)cc1Br. The fraction of sp³-hybridized carbons (Fsp3) is 0.308. The molecule has 0 spiro atoms. The van der Waals surface area contributed by atoms with Gasteiger partial charge in [-0.25, -0.2) is 0 Å². The summed E-state index contributed by atoms with van der Waals surface area (Å²) in [6.07, 6.45) is 4.89. The number of carbonyl (C=O) groups is 1. The summed E-state index contributed by atoms with van der Waals surface area (Å²) < 4.78 is 0.957. The second-order valence-electron chi connectivity index (χ2n) is 3.68. The Balaban J connectivity index is 2.71. The Hall–Kier alpha value is -1.09. The van der Waals surface area contributed by atoms with Gasteiger partial charge in [-0.15, -0.1) is 6.58 Å². The highest BCUT2D eigenvalue weighted by molar-refractivity contribution is 9.10. The zero-order valence-corrected chi connectivity index (χ0v) is 11.0. The minimum absolute atomic E-state index is 0.690. The van der Waals surface area contributed by atoms with Crippen LogP contribution in [0.25, 0.3) is 0 Å². The monoisotopic (exact) mass is 281 g/mol. The van der Waals surface area contributed by atoms with Crippen molar-refractivity contribution in [2.45, 2.75) is 12.8 Å². The molecule has 0 aromatic heterocycles. The summed E-state index contributed by atoms with van der Waals surface area (Å²) in [6, 6.07) is 5.63. The summed E-state index contributed by atoms with van der Waals surface area (Å²) in [6.45, 7) is 4.68. The van der Waals surface area contributed by atoms with Crippen LogP contribution in [-0.2, 0) is 0 Å². The molecule has 2 nitrogen and oxygen atoms in total. The van der Waals surface area contributed by atoms with Crippen molar-refractivity contribution in [2.75, 3.05) is 18.5 Å². The van der Waals surface area contributed by atoms with Crippen molar-refractivity contribution < 1.29 is 4.79 Å². The van der Waals surface area contributed by atoms with E-state index < -0.39 is 0 Å². The van der Waals surface area contributed by atoms with E-state index in [9.17, 15) is 4.79 Å². The molecule has 0 aliphatic heterocycles. The number of unbranched alkanes of at least 4 members (excludes halogenated alkanes) is 1. The quantitative estimate of drug-likeness (QED) is 0.451. The standard InChI is InChI=1S/C13H16BrNO/c1-3-4-5-8-15(2)13-7-6-11(10-16)9-12(13)14/h3,6-7,9-10H,1,4-5,8H2,2H3. The molecule has 0 bridgehead atoms. The molecule has 0 unspecified atom stereocenters. The average Bonchev–Trinajstić information content (AvgIpc) is 2.29. The summed E-state index contributed by atoms with van der Waals surface area (Å²) in [5, 5.41) is 0. The van der Waals surface area contributed by atoms with Crippen molar-refractivity contribution in [3.8, 4) is 0 Å². The molecule has 1 rings (SSSR count). The molecule has 0 heterocycles. The Labute approximate surface area is 105 Å². The smallest absolute Gasteiger partial charge is 0.150 e. The van der Waals surface area contributed by atoms with Crippen molar-refractivity contribution in [1.29, 1.82) is 0 Å². The summed E-state index contributed by atoms with van der Waals surface area (Å²) in [4.78, 5) is 12.8. The third-order valence-electron chi connectivity index (χ3n) is 2.42. The Kier molecular flexibility index (Phi) is 5.26. The lowest BCUT2D eigenvalue weighted by atomic mass is 10.2. The number of hydrogen-bond acceptors (Lipinski definition) is 2. The molecule has 0 atom stereocenters. The van der Waals surface area contributed by atoms with Gasteiger partial charge in [0.15, 0.2) is 0 Å². The van der Waals surface area contributed by atoms with Gasteiger partial charge in [-0.05, 0) is 47.0 Å². The van der Waals surface area contributed by atoms with Crippen molar-refractivity contribution in [2.24, 2.45) is 0 Å². The highest BCUT2D eigenvalue weighted by Crippen LogP contribution is 2.26. The Bertz CT molecular complexity index is 376. The van der Waals surface area contributed by atoms with E-state index in [1.54, 1.807) is 0 Å². The zero-order valence-electron chi connectivity index (χ0n) is 9.45. The van der Waals surface area contributed by atoms with Gasteiger partial charge in [0.2, 0.25) is 0 Å². The Morgan fingerprint density at radius 2 is 2.25 bits per heavy atom. The van der Waals surface area contributed by atoms with Gasteiger partial charge in [0.1, 0.15) is 6.29 Å². The molecular formula is C13H16BrNO. The average molecular weight is 282 g/mol. The first-order valence-corrected chi connectivity index (χ1v) is 6.05. The summed E-state index contributed by atoms with van der Waals surface area (Å²) in [5.41, 5.74) is 1.80. The number of hydrogen-bond donors (Lipinski definition) is 0. The second-order valence-corrected chi connectivity index (χ2v) is 4.54. The maximum Gasteiger partial charge on any atom is 0.150 e. The highest BCUT2D eigenvalue weighted by Gasteiger charge is 2.05.